The third kappa shape index (κ3) is 6.92. The number of rotatable bonds is 8. The number of hydrogen-bond donors (Lipinski definition) is 0. The van der Waals surface area contributed by atoms with Gasteiger partial charge in [-0.15, -0.1) is 0 Å². The van der Waals surface area contributed by atoms with Gasteiger partial charge in [0.15, 0.2) is 0 Å². The van der Waals surface area contributed by atoms with Crippen LogP contribution in [-0.2, 0) is 9.47 Å². The van der Waals surface area contributed by atoms with Crippen LogP contribution >= 0.6 is 20.1 Å². The summed E-state index contributed by atoms with van der Waals surface area (Å²) in [4.78, 5) is 3.15. The second kappa shape index (κ2) is 10.6. The largest absolute Gasteiger partial charge is 0.378 e. The van der Waals surface area contributed by atoms with Gasteiger partial charge < -0.3 is 9.47 Å². The molecule has 2 aliphatic rings. The van der Waals surface area contributed by atoms with E-state index in [1.807, 2.05) is 0 Å². The van der Waals surface area contributed by atoms with Crippen molar-refractivity contribution in [2.24, 2.45) is 11.8 Å². The van der Waals surface area contributed by atoms with Gasteiger partial charge >= 0.3 is 0 Å². The molecular weight excluding hydrogens is 408 g/mol. The first-order valence-corrected chi connectivity index (χ1v) is 17.1. The third-order valence-corrected chi connectivity index (χ3v) is 13.0. The van der Waals surface area contributed by atoms with E-state index < -0.39 is 20.1 Å². The highest BCUT2D eigenvalue weighted by Gasteiger charge is 2.24. The summed E-state index contributed by atoms with van der Waals surface area (Å²) in [7, 11) is -1.45. The minimum atomic E-state index is -0.731. The van der Waals surface area contributed by atoms with Gasteiger partial charge in [-0.1, -0.05) is 0 Å². The maximum absolute atomic E-state index is 5.89. The summed E-state index contributed by atoms with van der Waals surface area (Å²) in [5.74, 6) is 4.30. The molecule has 30 heavy (non-hydrogen) atoms. The van der Waals surface area contributed by atoms with Crippen molar-refractivity contribution in [3.8, 4) is 0 Å². The van der Waals surface area contributed by atoms with Gasteiger partial charge in [-0.25, -0.2) is 20.1 Å². The minimum Gasteiger partial charge on any atom is -0.378 e. The first kappa shape index (κ1) is 24.5. The Bertz CT molecular complexity index is 648. The van der Waals surface area contributed by atoms with Gasteiger partial charge in [-0.2, -0.15) is 0 Å². The van der Waals surface area contributed by atoms with Crippen molar-refractivity contribution in [3.05, 3.63) is 24.3 Å². The van der Waals surface area contributed by atoms with Crippen molar-refractivity contribution >= 4 is 20.1 Å². The molecule has 0 bridgehead atoms. The van der Waals surface area contributed by atoms with Crippen molar-refractivity contribution < 1.29 is 9.47 Å². The maximum Gasteiger partial charge on any atom is 0.0549 e. The average Bonchev–Trinajstić information content (AvgIpc) is 2.72. The SMILES string of the molecule is CC1CCC(CCS(C)(C)c2ccc(S(C)(C)CCC3CCOC(C)C3)cc2)CO1. The zero-order chi connectivity index (χ0) is 21.8. The van der Waals surface area contributed by atoms with E-state index >= 15 is 0 Å². The summed E-state index contributed by atoms with van der Waals surface area (Å²) in [5, 5.41) is 0. The quantitative estimate of drug-likeness (QED) is 0.423. The summed E-state index contributed by atoms with van der Waals surface area (Å²) in [6.07, 6.45) is 18.7. The highest BCUT2D eigenvalue weighted by molar-refractivity contribution is 8.33. The monoisotopic (exact) mass is 454 g/mol. The molecule has 4 atom stereocenters. The fourth-order valence-corrected chi connectivity index (χ4v) is 8.92. The number of benzene rings is 1. The second-order valence-corrected chi connectivity index (χ2v) is 18.6. The standard InChI is InChI=1S/C26H46O2S2/c1-21-7-8-24(20-28-21)15-18-30(5,6)26-11-9-25(10-12-26)29(3,4)17-14-23-13-16-27-22(2)19-23/h9-12,21-24H,7-8,13-20H2,1-6H3. The van der Waals surface area contributed by atoms with Gasteiger partial charge in [-0.3, -0.25) is 0 Å². The lowest BCUT2D eigenvalue weighted by Crippen LogP contribution is -2.24. The number of hydrogen-bond acceptors (Lipinski definition) is 2. The van der Waals surface area contributed by atoms with Crippen molar-refractivity contribution in [2.45, 2.75) is 74.4 Å². The lowest BCUT2D eigenvalue weighted by molar-refractivity contribution is -0.00547. The van der Waals surface area contributed by atoms with E-state index in [2.05, 4.69) is 63.1 Å². The Morgan fingerprint density at radius 1 is 0.733 bits per heavy atom. The van der Waals surface area contributed by atoms with E-state index in [9.17, 15) is 0 Å². The zero-order valence-electron chi connectivity index (χ0n) is 20.3. The molecule has 2 nitrogen and oxygen atoms in total. The molecule has 3 rings (SSSR count). The molecule has 4 unspecified atom stereocenters. The van der Waals surface area contributed by atoms with Crippen molar-refractivity contribution in [3.63, 3.8) is 0 Å². The number of ether oxygens (including phenoxy) is 2. The average molecular weight is 455 g/mol. The third-order valence-electron chi connectivity index (χ3n) is 7.36. The van der Waals surface area contributed by atoms with Crippen LogP contribution in [0.15, 0.2) is 34.1 Å². The molecule has 2 heterocycles. The summed E-state index contributed by atoms with van der Waals surface area (Å²) in [6, 6.07) is 9.82. The Kier molecular flexibility index (Phi) is 8.68. The molecule has 2 fully saturated rings. The molecule has 4 heteroatoms. The van der Waals surface area contributed by atoms with Crippen molar-refractivity contribution in [1.29, 1.82) is 0 Å². The predicted molar refractivity (Wildman–Crippen MR) is 137 cm³/mol. The summed E-state index contributed by atoms with van der Waals surface area (Å²) in [5.41, 5.74) is 0. The van der Waals surface area contributed by atoms with Crippen LogP contribution < -0.4 is 0 Å². The normalized spacial score (nSPS) is 29.5. The molecule has 2 saturated heterocycles. The lowest BCUT2D eigenvalue weighted by atomic mass is 9.94. The van der Waals surface area contributed by atoms with E-state index in [0.29, 0.717) is 12.2 Å². The van der Waals surface area contributed by atoms with Crippen LogP contribution in [0, 0.1) is 11.8 Å². The summed E-state index contributed by atoms with van der Waals surface area (Å²) < 4.78 is 11.6. The Hall–Kier alpha value is -0.160. The minimum absolute atomic E-state index is 0.454. The Morgan fingerprint density at radius 3 is 1.80 bits per heavy atom. The highest BCUT2D eigenvalue weighted by Crippen LogP contribution is 2.54. The van der Waals surface area contributed by atoms with Gasteiger partial charge in [-0.05, 0) is 135 Å². The van der Waals surface area contributed by atoms with E-state index in [0.717, 1.165) is 25.0 Å². The molecule has 174 valence electrons. The molecule has 0 aromatic heterocycles. The van der Waals surface area contributed by atoms with Crippen LogP contribution in [0.3, 0.4) is 0 Å². The smallest absolute Gasteiger partial charge is 0.0549 e. The van der Waals surface area contributed by atoms with Crippen molar-refractivity contribution in [2.75, 3.05) is 49.7 Å². The Balaban J connectivity index is 1.53. The molecule has 0 radical (unpaired) electrons. The van der Waals surface area contributed by atoms with Crippen LogP contribution in [-0.4, -0.2) is 62.0 Å². The molecule has 1 aromatic rings. The molecule has 0 amide bonds. The van der Waals surface area contributed by atoms with Crippen LogP contribution in [0.4, 0.5) is 0 Å². The van der Waals surface area contributed by atoms with Gasteiger partial charge in [0.2, 0.25) is 0 Å². The lowest BCUT2D eigenvalue weighted by Gasteiger charge is -2.37. The fourth-order valence-electron chi connectivity index (χ4n) is 4.85. The fraction of sp³-hybridized carbons (Fsp3) is 0.769. The first-order valence-electron chi connectivity index (χ1n) is 11.9. The molecule has 0 aliphatic carbocycles. The molecular formula is C26H46O2S2. The van der Waals surface area contributed by atoms with Crippen molar-refractivity contribution in [1.82, 2.24) is 0 Å². The van der Waals surface area contributed by atoms with E-state index in [-0.39, 0.29) is 0 Å². The Labute approximate surface area is 189 Å². The Morgan fingerprint density at radius 2 is 1.30 bits per heavy atom. The molecule has 0 spiro atoms. The van der Waals surface area contributed by atoms with E-state index in [1.54, 1.807) is 9.79 Å². The predicted octanol–water partition coefficient (Wildman–Crippen LogP) is 6.94. The topological polar surface area (TPSA) is 18.5 Å². The van der Waals surface area contributed by atoms with Gasteiger partial charge in [0.25, 0.3) is 0 Å². The molecule has 2 aliphatic heterocycles. The highest BCUT2D eigenvalue weighted by atomic mass is 32.3. The van der Waals surface area contributed by atoms with Crippen LogP contribution in [0.2, 0.25) is 0 Å². The summed E-state index contributed by atoms with van der Waals surface area (Å²) in [6.45, 7) is 6.37. The van der Waals surface area contributed by atoms with E-state index in [1.165, 1.54) is 50.0 Å². The zero-order valence-corrected chi connectivity index (χ0v) is 22.0. The van der Waals surface area contributed by atoms with Gasteiger partial charge in [0.05, 0.1) is 12.2 Å². The molecule has 0 saturated carbocycles. The molecule has 0 N–H and O–H groups in total. The first-order chi connectivity index (χ1) is 14.2. The van der Waals surface area contributed by atoms with Crippen LogP contribution in [0.25, 0.3) is 0 Å². The summed E-state index contributed by atoms with van der Waals surface area (Å²) >= 11 is 0. The van der Waals surface area contributed by atoms with Gasteiger partial charge in [0, 0.05) is 13.2 Å². The van der Waals surface area contributed by atoms with Crippen LogP contribution in [0.1, 0.15) is 52.4 Å². The maximum atomic E-state index is 5.89. The second-order valence-electron chi connectivity index (χ2n) is 10.7. The van der Waals surface area contributed by atoms with Gasteiger partial charge in [0.1, 0.15) is 0 Å². The molecule has 1 aromatic carbocycles. The van der Waals surface area contributed by atoms with Crippen LogP contribution in [0.5, 0.6) is 0 Å². The van der Waals surface area contributed by atoms with E-state index in [4.69, 9.17) is 9.47 Å².